The molecule has 0 amide bonds. The van der Waals surface area contributed by atoms with Gasteiger partial charge in [0.2, 0.25) is 0 Å². The zero-order valence-corrected chi connectivity index (χ0v) is 8.08. The fourth-order valence-corrected chi connectivity index (χ4v) is 1.94. The Hall–Kier alpha value is -1.69. The molecule has 2 aromatic rings. The average Bonchev–Trinajstić information content (AvgIpc) is 2.62. The summed E-state index contributed by atoms with van der Waals surface area (Å²) < 4.78 is 5.77. The SMILES string of the molecule is COC(=O)c1csc2nccc(=O)n12. The van der Waals surface area contributed by atoms with Crippen molar-refractivity contribution in [2.75, 3.05) is 7.11 Å². The first kappa shape index (κ1) is 8.89. The third-order valence-corrected chi connectivity index (χ3v) is 2.57. The molecule has 0 spiro atoms. The summed E-state index contributed by atoms with van der Waals surface area (Å²) in [5, 5.41) is 1.55. The van der Waals surface area contributed by atoms with Gasteiger partial charge in [0.05, 0.1) is 7.11 Å². The molecule has 0 radical (unpaired) electrons. The molecule has 0 atom stereocenters. The fraction of sp³-hybridized carbons (Fsp3) is 0.125. The molecule has 0 fully saturated rings. The molecular formula is C8H6N2O3S. The summed E-state index contributed by atoms with van der Waals surface area (Å²) in [6, 6.07) is 1.30. The lowest BCUT2D eigenvalue weighted by molar-refractivity contribution is 0.0592. The smallest absolute Gasteiger partial charge is 0.356 e. The van der Waals surface area contributed by atoms with Crippen LogP contribution in [0.25, 0.3) is 4.96 Å². The van der Waals surface area contributed by atoms with Gasteiger partial charge in [-0.3, -0.25) is 4.79 Å². The molecule has 2 aromatic heterocycles. The van der Waals surface area contributed by atoms with Gasteiger partial charge in [0, 0.05) is 17.6 Å². The maximum absolute atomic E-state index is 11.4. The van der Waals surface area contributed by atoms with E-state index in [2.05, 4.69) is 9.72 Å². The molecule has 5 nitrogen and oxygen atoms in total. The third-order valence-electron chi connectivity index (χ3n) is 1.73. The van der Waals surface area contributed by atoms with Crippen molar-refractivity contribution < 1.29 is 9.53 Å². The Bertz CT molecular complexity index is 543. The first-order valence-corrected chi connectivity index (χ1v) is 4.65. The summed E-state index contributed by atoms with van der Waals surface area (Å²) in [6.07, 6.45) is 1.41. The highest BCUT2D eigenvalue weighted by Crippen LogP contribution is 2.11. The average molecular weight is 210 g/mol. The van der Waals surface area contributed by atoms with Crippen LogP contribution in [0.3, 0.4) is 0 Å². The number of esters is 1. The van der Waals surface area contributed by atoms with Crippen molar-refractivity contribution >= 4 is 22.3 Å². The van der Waals surface area contributed by atoms with Gasteiger partial charge in [-0.2, -0.15) is 0 Å². The van der Waals surface area contributed by atoms with Crippen LogP contribution in [0.1, 0.15) is 10.5 Å². The Morgan fingerprint density at radius 2 is 2.43 bits per heavy atom. The van der Waals surface area contributed by atoms with E-state index < -0.39 is 5.97 Å². The van der Waals surface area contributed by atoms with Crippen LogP contribution in [0.4, 0.5) is 0 Å². The summed E-state index contributed by atoms with van der Waals surface area (Å²) >= 11 is 1.22. The number of hydrogen-bond acceptors (Lipinski definition) is 5. The molecule has 0 unspecified atom stereocenters. The number of carbonyl (C=O) groups excluding carboxylic acids is 1. The van der Waals surface area contributed by atoms with Crippen LogP contribution in [0.15, 0.2) is 22.4 Å². The Labute approximate surface area is 82.6 Å². The van der Waals surface area contributed by atoms with Crippen molar-refractivity contribution in [3.05, 3.63) is 33.7 Å². The highest BCUT2D eigenvalue weighted by atomic mass is 32.1. The van der Waals surface area contributed by atoms with Crippen LogP contribution in [0, 0.1) is 0 Å². The molecule has 14 heavy (non-hydrogen) atoms. The summed E-state index contributed by atoms with van der Waals surface area (Å²) in [5.41, 5.74) is -0.0674. The van der Waals surface area contributed by atoms with Crippen LogP contribution in [-0.4, -0.2) is 22.5 Å². The maximum Gasteiger partial charge on any atom is 0.356 e. The van der Waals surface area contributed by atoms with E-state index in [-0.39, 0.29) is 11.3 Å². The maximum atomic E-state index is 11.4. The zero-order chi connectivity index (χ0) is 10.1. The number of hydrogen-bond donors (Lipinski definition) is 0. The normalized spacial score (nSPS) is 10.4. The number of nitrogens with zero attached hydrogens (tertiary/aromatic N) is 2. The minimum atomic E-state index is -0.536. The van der Waals surface area contributed by atoms with Crippen LogP contribution in [-0.2, 0) is 4.74 Å². The molecular weight excluding hydrogens is 204 g/mol. The number of aromatic nitrogens is 2. The first-order chi connectivity index (χ1) is 6.74. The minimum absolute atomic E-state index is 0.214. The van der Waals surface area contributed by atoms with Crippen LogP contribution in [0.2, 0.25) is 0 Å². The summed E-state index contributed by atoms with van der Waals surface area (Å²) in [6.45, 7) is 0. The van der Waals surface area contributed by atoms with Gasteiger partial charge in [0.1, 0.15) is 5.69 Å². The Balaban J connectivity index is 2.80. The van der Waals surface area contributed by atoms with E-state index in [4.69, 9.17) is 0 Å². The molecule has 0 aliphatic carbocycles. The largest absolute Gasteiger partial charge is 0.464 e. The molecule has 2 rings (SSSR count). The van der Waals surface area contributed by atoms with Crippen molar-refractivity contribution in [3.63, 3.8) is 0 Å². The van der Waals surface area contributed by atoms with Crippen LogP contribution < -0.4 is 5.56 Å². The van der Waals surface area contributed by atoms with E-state index in [9.17, 15) is 9.59 Å². The number of rotatable bonds is 1. The van der Waals surface area contributed by atoms with E-state index in [1.807, 2.05) is 0 Å². The van der Waals surface area contributed by atoms with Crippen LogP contribution in [0.5, 0.6) is 0 Å². The number of methoxy groups -OCH3 is 1. The molecule has 0 saturated carbocycles. The van der Waals surface area contributed by atoms with E-state index in [0.717, 1.165) is 0 Å². The number of fused-ring (bicyclic) bond motifs is 1. The number of carbonyl (C=O) groups is 1. The van der Waals surface area contributed by atoms with E-state index in [0.29, 0.717) is 4.96 Å². The lowest BCUT2D eigenvalue weighted by atomic mass is 10.5. The third kappa shape index (κ3) is 1.20. The Morgan fingerprint density at radius 1 is 1.64 bits per heavy atom. The van der Waals surface area contributed by atoms with Gasteiger partial charge >= 0.3 is 5.97 Å². The van der Waals surface area contributed by atoms with Gasteiger partial charge in [-0.1, -0.05) is 0 Å². The molecule has 2 heterocycles. The van der Waals surface area contributed by atoms with Gasteiger partial charge < -0.3 is 4.74 Å². The van der Waals surface area contributed by atoms with Crippen molar-refractivity contribution in [2.45, 2.75) is 0 Å². The fourth-order valence-electron chi connectivity index (χ4n) is 1.10. The zero-order valence-electron chi connectivity index (χ0n) is 7.26. The predicted octanol–water partition coefficient (Wildman–Crippen LogP) is 0.543. The minimum Gasteiger partial charge on any atom is -0.464 e. The second-order valence-corrected chi connectivity index (χ2v) is 3.35. The van der Waals surface area contributed by atoms with Crippen molar-refractivity contribution in [2.24, 2.45) is 0 Å². The summed E-state index contributed by atoms with van der Waals surface area (Å²) in [5.74, 6) is -0.536. The predicted molar refractivity (Wildman–Crippen MR) is 50.7 cm³/mol. The molecule has 0 aromatic carbocycles. The Morgan fingerprint density at radius 3 is 3.14 bits per heavy atom. The molecule has 6 heteroatoms. The van der Waals surface area contributed by atoms with Crippen LogP contribution >= 0.6 is 11.3 Å². The monoisotopic (exact) mass is 210 g/mol. The molecule has 0 aliphatic rings. The molecule has 0 aliphatic heterocycles. The van der Waals surface area contributed by atoms with Gasteiger partial charge in [-0.15, -0.1) is 11.3 Å². The standard InChI is InChI=1S/C8H6N2O3S/c1-13-7(12)5-4-14-8-9-3-2-6(11)10(5)8/h2-4H,1H3. The molecule has 72 valence electrons. The summed E-state index contributed by atoms with van der Waals surface area (Å²) in [4.78, 5) is 27.1. The second kappa shape index (κ2) is 3.22. The molecule has 0 N–H and O–H groups in total. The van der Waals surface area contributed by atoms with Crippen molar-refractivity contribution in [1.82, 2.24) is 9.38 Å². The highest BCUT2D eigenvalue weighted by molar-refractivity contribution is 7.15. The van der Waals surface area contributed by atoms with Gasteiger partial charge in [-0.05, 0) is 0 Å². The summed E-state index contributed by atoms with van der Waals surface area (Å²) in [7, 11) is 1.27. The van der Waals surface area contributed by atoms with E-state index in [1.54, 1.807) is 5.38 Å². The number of ether oxygens (including phenoxy) is 1. The topological polar surface area (TPSA) is 60.7 Å². The first-order valence-electron chi connectivity index (χ1n) is 3.77. The Kier molecular flexibility index (Phi) is 2.05. The molecule has 0 bridgehead atoms. The number of thiazole rings is 1. The second-order valence-electron chi connectivity index (χ2n) is 2.51. The van der Waals surface area contributed by atoms with Crippen molar-refractivity contribution in [1.29, 1.82) is 0 Å². The van der Waals surface area contributed by atoms with Crippen molar-refractivity contribution in [3.8, 4) is 0 Å². The lowest BCUT2D eigenvalue weighted by Gasteiger charge is -1.96. The van der Waals surface area contributed by atoms with Gasteiger partial charge in [0.15, 0.2) is 4.96 Å². The lowest BCUT2D eigenvalue weighted by Crippen LogP contribution is -2.17. The highest BCUT2D eigenvalue weighted by Gasteiger charge is 2.13. The quantitative estimate of drug-likeness (QED) is 0.644. The van der Waals surface area contributed by atoms with Gasteiger partial charge in [-0.25, -0.2) is 14.2 Å². The van der Waals surface area contributed by atoms with E-state index in [1.165, 1.54) is 35.1 Å². The molecule has 0 saturated heterocycles. The van der Waals surface area contributed by atoms with E-state index >= 15 is 0 Å². The van der Waals surface area contributed by atoms with Gasteiger partial charge in [0.25, 0.3) is 5.56 Å².